The molecule has 0 aromatic rings. The number of hydrogen-bond acceptors (Lipinski definition) is 4. The number of imide groups is 1. The molecule has 0 aromatic carbocycles. The molecule has 0 saturated carbocycles. The first kappa shape index (κ1) is 18.5. The Balaban J connectivity index is 2.10. The molecular formula is C16H29N5O3. The highest BCUT2D eigenvalue weighted by molar-refractivity contribution is 6.04. The molecule has 2 aliphatic heterocycles. The van der Waals surface area contributed by atoms with Crippen LogP contribution in [0.15, 0.2) is 4.99 Å². The first-order valence-corrected chi connectivity index (χ1v) is 8.68. The molecule has 2 N–H and O–H groups in total. The van der Waals surface area contributed by atoms with E-state index in [2.05, 4.69) is 29.5 Å². The van der Waals surface area contributed by atoms with Gasteiger partial charge in [-0.1, -0.05) is 13.8 Å². The van der Waals surface area contributed by atoms with Crippen LogP contribution in [0.5, 0.6) is 0 Å². The van der Waals surface area contributed by atoms with E-state index < -0.39 is 6.04 Å². The smallest absolute Gasteiger partial charge is 0.325 e. The van der Waals surface area contributed by atoms with E-state index in [-0.39, 0.29) is 18.1 Å². The quantitative estimate of drug-likeness (QED) is 0.632. The number of likely N-dealkylation sites (N-methyl/N-ethyl adjacent to an activating group) is 1. The Morgan fingerprint density at radius 2 is 2.08 bits per heavy atom. The first-order valence-electron chi connectivity index (χ1n) is 8.68. The number of aliphatic imine (C=N–C) groups is 1. The van der Waals surface area contributed by atoms with Crippen molar-refractivity contribution in [1.82, 2.24) is 20.4 Å². The minimum atomic E-state index is -0.433. The van der Waals surface area contributed by atoms with Gasteiger partial charge in [-0.3, -0.25) is 15.1 Å². The molecule has 2 heterocycles. The number of rotatable bonds is 8. The van der Waals surface area contributed by atoms with E-state index in [4.69, 9.17) is 4.74 Å². The van der Waals surface area contributed by atoms with Crippen LogP contribution in [0.25, 0.3) is 0 Å². The lowest BCUT2D eigenvalue weighted by molar-refractivity contribution is -0.127. The van der Waals surface area contributed by atoms with Crippen molar-refractivity contribution in [2.45, 2.75) is 45.8 Å². The van der Waals surface area contributed by atoms with Crippen LogP contribution in [0, 0.1) is 5.92 Å². The lowest BCUT2D eigenvalue weighted by Crippen LogP contribution is -2.64. The van der Waals surface area contributed by atoms with E-state index in [1.165, 1.54) is 4.90 Å². The molecule has 8 nitrogen and oxygen atoms in total. The maximum absolute atomic E-state index is 12.3. The van der Waals surface area contributed by atoms with Gasteiger partial charge in [0.25, 0.3) is 5.91 Å². The molecule has 24 heavy (non-hydrogen) atoms. The second-order valence-electron chi connectivity index (χ2n) is 6.57. The van der Waals surface area contributed by atoms with Crippen molar-refractivity contribution in [2.75, 3.05) is 33.4 Å². The molecule has 136 valence electrons. The summed E-state index contributed by atoms with van der Waals surface area (Å²) >= 11 is 0. The summed E-state index contributed by atoms with van der Waals surface area (Å²) in [5.74, 6) is 0.951. The number of hydrogen-bond donors (Lipinski definition) is 2. The van der Waals surface area contributed by atoms with Gasteiger partial charge in [0.05, 0.1) is 0 Å². The normalized spacial score (nSPS) is 25.3. The van der Waals surface area contributed by atoms with Gasteiger partial charge in [0.1, 0.15) is 6.17 Å². The maximum Gasteiger partial charge on any atom is 0.325 e. The molecule has 2 rings (SSSR count). The summed E-state index contributed by atoms with van der Waals surface area (Å²) in [5.41, 5.74) is 0. The fraction of sp³-hybridized carbons (Fsp3) is 0.812. The number of fused-ring (bicyclic) bond motifs is 1. The van der Waals surface area contributed by atoms with Crippen molar-refractivity contribution in [3.8, 4) is 0 Å². The third kappa shape index (κ3) is 4.17. The summed E-state index contributed by atoms with van der Waals surface area (Å²) in [5, 5.41) is 5.66. The Kier molecular flexibility index (Phi) is 6.42. The van der Waals surface area contributed by atoms with Gasteiger partial charge in [-0.15, -0.1) is 0 Å². The zero-order valence-corrected chi connectivity index (χ0v) is 15.0. The Morgan fingerprint density at radius 3 is 2.75 bits per heavy atom. The zero-order valence-electron chi connectivity index (χ0n) is 15.0. The number of carbonyl (C=O) groups is 2. The SMILES string of the molecule is CCOCCCN=C1NC2C(C(=O)NC(=O)N2C)N1CCC(C)C. The fourth-order valence-corrected chi connectivity index (χ4v) is 2.86. The van der Waals surface area contributed by atoms with Gasteiger partial charge in [-0.25, -0.2) is 4.79 Å². The van der Waals surface area contributed by atoms with Crippen LogP contribution < -0.4 is 10.6 Å². The van der Waals surface area contributed by atoms with Crippen LogP contribution in [0.3, 0.4) is 0 Å². The fourth-order valence-electron chi connectivity index (χ4n) is 2.86. The largest absolute Gasteiger partial charge is 0.382 e. The summed E-state index contributed by atoms with van der Waals surface area (Å²) in [6.07, 6.45) is 1.41. The van der Waals surface area contributed by atoms with E-state index in [9.17, 15) is 9.59 Å². The lowest BCUT2D eigenvalue weighted by Gasteiger charge is -2.35. The lowest BCUT2D eigenvalue weighted by atomic mass is 10.1. The van der Waals surface area contributed by atoms with Crippen LogP contribution in [-0.2, 0) is 9.53 Å². The van der Waals surface area contributed by atoms with Crippen molar-refractivity contribution in [3.05, 3.63) is 0 Å². The van der Waals surface area contributed by atoms with Gasteiger partial charge < -0.3 is 19.9 Å². The molecule has 0 aliphatic carbocycles. The summed E-state index contributed by atoms with van der Waals surface area (Å²) in [6, 6.07) is -0.813. The topological polar surface area (TPSA) is 86.3 Å². The predicted octanol–water partition coefficient (Wildman–Crippen LogP) is 0.597. The second kappa shape index (κ2) is 8.32. The summed E-state index contributed by atoms with van der Waals surface area (Å²) in [7, 11) is 1.69. The highest BCUT2D eigenvalue weighted by Crippen LogP contribution is 2.21. The minimum absolute atomic E-state index is 0.265. The van der Waals surface area contributed by atoms with Crippen LogP contribution in [-0.4, -0.2) is 73.3 Å². The van der Waals surface area contributed by atoms with E-state index >= 15 is 0 Å². The highest BCUT2D eigenvalue weighted by atomic mass is 16.5. The van der Waals surface area contributed by atoms with Crippen LogP contribution in [0.2, 0.25) is 0 Å². The van der Waals surface area contributed by atoms with E-state index in [1.54, 1.807) is 7.05 Å². The number of nitrogens with one attached hydrogen (secondary N) is 2. The molecule has 2 unspecified atom stereocenters. The number of nitrogens with zero attached hydrogens (tertiary/aromatic N) is 3. The van der Waals surface area contributed by atoms with Crippen LogP contribution in [0.1, 0.15) is 33.6 Å². The van der Waals surface area contributed by atoms with Crippen molar-refractivity contribution in [2.24, 2.45) is 10.9 Å². The van der Waals surface area contributed by atoms with Crippen molar-refractivity contribution in [3.63, 3.8) is 0 Å². The van der Waals surface area contributed by atoms with Crippen molar-refractivity contribution < 1.29 is 14.3 Å². The molecule has 2 aliphatic rings. The molecule has 0 spiro atoms. The average molecular weight is 339 g/mol. The van der Waals surface area contributed by atoms with E-state index in [0.29, 0.717) is 31.6 Å². The van der Waals surface area contributed by atoms with Gasteiger partial charge in [0.15, 0.2) is 12.0 Å². The number of amides is 3. The molecule has 0 radical (unpaired) electrons. The molecule has 2 saturated heterocycles. The van der Waals surface area contributed by atoms with Gasteiger partial charge in [-0.2, -0.15) is 0 Å². The van der Waals surface area contributed by atoms with Crippen LogP contribution >= 0.6 is 0 Å². The van der Waals surface area contributed by atoms with E-state index in [0.717, 1.165) is 19.4 Å². The summed E-state index contributed by atoms with van der Waals surface area (Å²) in [6.45, 7) is 8.99. The number of guanidine groups is 1. The summed E-state index contributed by atoms with van der Waals surface area (Å²) < 4.78 is 5.33. The molecular weight excluding hydrogens is 310 g/mol. The molecule has 3 amide bonds. The standard InChI is InChI=1S/C16H29N5O3/c1-5-24-10-6-8-17-15-18-13-12(21(15)9-7-11(2)3)14(22)19-16(23)20(13)4/h11-13H,5-10H2,1-4H3,(H,17,18)(H,19,22,23). The number of carbonyl (C=O) groups excluding carboxylic acids is 2. The second-order valence-corrected chi connectivity index (χ2v) is 6.57. The third-order valence-electron chi connectivity index (χ3n) is 4.28. The molecule has 2 atom stereocenters. The van der Waals surface area contributed by atoms with E-state index in [1.807, 2.05) is 11.8 Å². The molecule has 0 bridgehead atoms. The Hall–Kier alpha value is -1.83. The molecule has 8 heteroatoms. The van der Waals surface area contributed by atoms with Crippen LogP contribution in [0.4, 0.5) is 4.79 Å². The first-order chi connectivity index (χ1) is 11.5. The Bertz CT molecular complexity index is 494. The third-order valence-corrected chi connectivity index (χ3v) is 4.28. The van der Waals surface area contributed by atoms with Gasteiger partial charge in [-0.05, 0) is 25.7 Å². The average Bonchev–Trinajstić information content (AvgIpc) is 2.89. The monoisotopic (exact) mass is 339 g/mol. The van der Waals surface area contributed by atoms with Crippen molar-refractivity contribution in [1.29, 1.82) is 0 Å². The zero-order chi connectivity index (χ0) is 17.7. The summed E-state index contributed by atoms with van der Waals surface area (Å²) in [4.78, 5) is 32.3. The Morgan fingerprint density at radius 1 is 1.33 bits per heavy atom. The van der Waals surface area contributed by atoms with Gasteiger partial charge in [0.2, 0.25) is 0 Å². The minimum Gasteiger partial charge on any atom is -0.382 e. The van der Waals surface area contributed by atoms with Gasteiger partial charge in [0, 0.05) is 33.4 Å². The maximum atomic E-state index is 12.3. The molecule has 2 fully saturated rings. The number of ether oxygens (including phenoxy) is 1. The van der Waals surface area contributed by atoms with Crippen molar-refractivity contribution >= 4 is 17.9 Å². The highest BCUT2D eigenvalue weighted by Gasteiger charge is 2.49. The van der Waals surface area contributed by atoms with Gasteiger partial charge >= 0.3 is 6.03 Å². The molecule has 0 aromatic heterocycles. The number of urea groups is 1. The Labute approximate surface area is 143 Å². The predicted molar refractivity (Wildman–Crippen MR) is 91.6 cm³/mol.